The van der Waals surface area contributed by atoms with E-state index in [-0.39, 0.29) is 6.03 Å². The van der Waals surface area contributed by atoms with Crippen molar-refractivity contribution >= 4 is 6.03 Å². The summed E-state index contributed by atoms with van der Waals surface area (Å²) < 4.78 is 0. The average molecular weight is 169 g/mol. The molecule has 68 valence electrons. The number of amides is 2. The van der Waals surface area contributed by atoms with E-state index in [9.17, 15) is 4.79 Å². The summed E-state index contributed by atoms with van der Waals surface area (Å²) in [6, 6.07) is -0.0706. The minimum atomic E-state index is -0.381. The van der Waals surface area contributed by atoms with Gasteiger partial charge in [0.2, 0.25) is 0 Å². The molecule has 0 aromatic heterocycles. The van der Waals surface area contributed by atoms with Crippen molar-refractivity contribution in [1.29, 1.82) is 0 Å². The van der Waals surface area contributed by atoms with E-state index in [1.165, 1.54) is 25.9 Å². The zero-order valence-electron chi connectivity index (χ0n) is 7.12. The molecule has 1 atom stereocenters. The maximum Gasteiger partial charge on any atom is 0.312 e. The molecule has 3 rings (SSSR count). The van der Waals surface area contributed by atoms with E-state index >= 15 is 0 Å². The van der Waals surface area contributed by atoms with Crippen LogP contribution >= 0.6 is 0 Å². The van der Waals surface area contributed by atoms with Gasteiger partial charge in [-0.05, 0) is 31.8 Å². The molecule has 4 heteroatoms. The van der Waals surface area contributed by atoms with Crippen LogP contribution < -0.4 is 11.1 Å². The topological polar surface area (TPSA) is 58.4 Å². The first-order valence-electron chi connectivity index (χ1n) is 4.54. The number of rotatable bonds is 1. The van der Waals surface area contributed by atoms with Crippen molar-refractivity contribution < 1.29 is 4.79 Å². The molecule has 0 spiro atoms. The summed E-state index contributed by atoms with van der Waals surface area (Å²) in [5.41, 5.74) is 5.09. The average Bonchev–Trinajstić information content (AvgIpc) is 2.05. The molecule has 2 bridgehead atoms. The van der Waals surface area contributed by atoms with Gasteiger partial charge in [0, 0.05) is 12.6 Å². The molecule has 0 radical (unpaired) electrons. The van der Waals surface area contributed by atoms with Crippen LogP contribution in [0.3, 0.4) is 0 Å². The molecule has 2 amide bonds. The number of carbonyl (C=O) groups is 1. The number of nitrogens with zero attached hydrogens (tertiary/aromatic N) is 1. The van der Waals surface area contributed by atoms with E-state index in [1.54, 1.807) is 0 Å². The zero-order chi connectivity index (χ0) is 8.55. The highest BCUT2D eigenvalue weighted by Gasteiger charge is 2.34. The molecular weight excluding hydrogens is 154 g/mol. The number of urea groups is 1. The molecule has 0 aliphatic carbocycles. The second-order valence-corrected chi connectivity index (χ2v) is 3.75. The predicted octanol–water partition coefficient (Wildman–Crippen LogP) is -0.251. The van der Waals surface area contributed by atoms with Crippen molar-refractivity contribution in [1.82, 2.24) is 10.2 Å². The van der Waals surface area contributed by atoms with Gasteiger partial charge < -0.3 is 16.0 Å². The summed E-state index contributed by atoms with van der Waals surface area (Å²) >= 11 is 0. The van der Waals surface area contributed by atoms with Crippen molar-refractivity contribution in [2.24, 2.45) is 11.7 Å². The fourth-order valence-electron chi connectivity index (χ4n) is 2.31. The summed E-state index contributed by atoms with van der Waals surface area (Å²) in [5.74, 6) is 0.669. The minimum absolute atomic E-state index is 0.310. The second-order valence-electron chi connectivity index (χ2n) is 3.75. The van der Waals surface area contributed by atoms with Crippen molar-refractivity contribution in [2.45, 2.75) is 18.9 Å². The minimum Gasteiger partial charge on any atom is -0.352 e. The monoisotopic (exact) mass is 169 g/mol. The van der Waals surface area contributed by atoms with E-state index in [4.69, 9.17) is 5.73 Å². The second kappa shape index (κ2) is 2.94. The number of carbonyl (C=O) groups excluding carboxylic acids is 1. The number of piperidine rings is 3. The van der Waals surface area contributed by atoms with Crippen LogP contribution in [-0.2, 0) is 0 Å². The Hall–Kier alpha value is -0.770. The zero-order valence-corrected chi connectivity index (χ0v) is 7.12. The number of nitrogens with two attached hydrogens (primary N) is 1. The Balaban J connectivity index is 1.95. The maximum atomic E-state index is 10.6. The van der Waals surface area contributed by atoms with E-state index in [0.717, 1.165) is 6.54 Å². The fraction of sp³-hybridized carbons (Fsp3) is 0.875. The van der Waals surface area contributed by atoms with Crippen molar-refractivity contribution in [3.8, 4) is 0 Å². The number of primary amides is 1. The predicted molar refractivity (Wildman–Crippen MR) is 45.7 cm³/mol. The first kappa shape index (κ1) is 7.86. The first-order chi connectivity index (χ1) is 5.75. The number of hydrogen-bond donors (Lipinski definition) is 2. The highest BCUT2D eigenvalue weighted by molar-refractivity contribution is 5.72. The van der Waals surface area contributed by atoms with Crippen LogP contribution in [0.1, 0.15) is 12.8 Å². The molecule has 3 saturated heterocycles. The smallest absolute Gasteiger partial charge is 0.312 e. The Bertz CT molecular complexity index is 187. The van der Waals surface area contributed by atoms with Crippen molar-refractivity contribution in [3.05, 3.63) is 0 Å². The van der Waals surface area contributed by atoms with Crippen molar-refractivity contribution in [2.75, 3.05) is 19.6 Å². The highest BCUT2D eigenvalue weighted by atomic mass is 16.2. The molecule has 3 heterocycles. The summed E-state index contributed by atoms with van der Waals surface area (Å²) in [7, 11) is 0. The Morgan fingerprint density at radius 3 is 2.50 bits per heavy atom. The van der Waals surface area contributed by atoms with Gasteiger partial charge in [-0.1, -0.05) is 0 Å². The van der Waals surface area contributed by atoms with Gasteiger partial charge in [0.1, 0.15) is 0 Å². The summed E-state index contributed by atoms with van der Waals surface area (Å²) in [6.45, 7) is 3.39. The van der Waals surface area contributed by atoms with E-state index in [0.29, 0.717) is 12.0 Å². The number of fused-ring (bicyclic) bond motifs is 3. The lowest BCUT2D eigenvalue weighted by Gasteiger charge is -2.44. The number of nitrogens with one attached hydrogen (secondary N) is 1. The van der Waals surface area contributed by atoms with Crippen molar-refractivity contribution in [3.63, 3.8) is 0 Å². The van der Waals surface area contributed by atoms with Gasteiger partial charge in [-0.2, -0.15) is 0 Å². The van der Waals surface area contributed by atoms with Crippen LogP contribution in [0.5, 0.6) is 0 Å². The van der Waals surface area contributed by atoms with E-state index in [2.05, 4.69) is 10.2 Å². The summed E-state index contributed by atoms with van der Waals surface area (Å²) in [6.07, 6.45) is 2.43. The Labute approximate surface area is 72.1 Å². The molecule has 4 nitrogen and oxygen atoms in total. The molecule has 3 N–H and O–H groups in total. The lowest BCUT2D eigenvalue weighted by atomic mass is 9.84. The van der Waals surface area contributed by atoms with Gasteiger partial charge >= 0.3 is 6.03 Å². The molecule has 12 heavy (non-hydrogen) atoms. The third kappa shape index (κ3) is 1.39. The largest absolute Gasteiger partial charge is 0.352 e. The van der Waals surface area contributed by atoms with E-state index in [1.807, 2.05) is 0 Å². The molecule has 0 saturated carbocycles. The summed E-state index contributed by atoms with van der Waals surface area (Å²) in [4.78, 5) is 13.0. The van der Waals surface area contributed by atoms with Gasteiger partial charge in [0.05, 0.1) is 0 Å². The van der Waals surface area contributed by atoms with Gasteiger partial charge in [-0.25, -0.2) is 4.79 Å². The maximum absolute atomic E-state index is 10.6. The van der Waals surface area contributed by atoms with Crippen LogP contribution in [0.15, 0.2) is 0 Å². The van der Waals surface area contributed by atoms with E-state index < -0.39 is 0 Å². The van der Waals surface area contributed by atoms with Gasteiger partial charge in [-0.15, -0.1) is 0 Å². The van der Waals surface area contributed by atoms with Crippen LogP contribution in [0.25, 0.3) is 0 Å². The fourth-order valence-corrected chi connectivity index (χ4v) is 2.31. The normalized spacial score (nSPS) is 39.5. The SMILES string of the molecule is NC(=O)NC1CN2CCC1CC2. The van der Waals surface area contributed by atoms with Crippen LogP contribution in [0.2, 0.25) is 0 Å². The standard InChI is InChI=1S/C8H15N3O/c9-8(12)10-7-5-11-3-1-6(7)2-4-11/h6-7H,1-5H2,(H3,9,10,12). The Morgan fingerprint density at radius 2 is 2.08 bits per heavy atom. The van der Waals surface area contributed by atoms with Gasteiger partial charge in [0.25, 0.3) is 0 Å². The molecule has 3 fully saturated rings. The van der Waals surface area contributed by atoms with Crippen LogP contribution in [-0.4, -0.2) is 36.6 Å². The highest BCUT2D eigenvalue weighted by Crippen LogP contribution is 2.27. The van der Waals surface area contributed by atoms with Gasteiger partial charge in [-0.3, -0.25) is 0 Å². The Kier molecular flexibility index (Phi) is 1.92. The molecule has 0 aromatic rings. The first-order valence-corrected chi connectivity index (χ1v) is 4.54. The molecule has 0 aromatic carbocycles. The summed E-state index contributed by atoms with van der Waals surface area (Å²) in [5, 5.41) is 2.81. The van der Waals surface area contributed by atoms with Gasteiger partial charge in [0.15, 0.2) is 0 Å². The molecule has 3 aliphatic heterocycles. The Morgan fingerprint density at radius 1 is 1.42 bits per heavy atom. The molecule has 1 unspecified atom stereocenters. The quantitative estimate of drug-likeness (QED) is 0.568. The molecular formula is C8H15N3O. The lowest BCUT2D eigenvalue weighted by molar-refractivity contribution is 0.0773. The van der Waals surface area contributed by atoms with Crippen LogP contribution in [0, 0.1) is 5.92 Å². The lowest BCUT2D eigenvalue weighted by Crippen LogP contribution is -2.58. The van der Waals surface area contributed by atoms with Crippen LogP contribution in [0.4, 0.5) is 4.79 Å². The third-order valence-corrected chi connectivity index (χ3v) is 2.98. The third-order valence-electron chi connectivity index (χ3n) is 2.98. The molecule has 3 aliphatic rings. The number of hydrogen-bond acceptors (Lipinski definition) is 2.